The number of sulfonamides is 1. The normalized spacial score (nSPS) is 11.8. The van der Waals surface area contributed by atoms with Crippen molar-refractivity contribution in [1.82, 2.24) is 10.2 Å². The van der Waals surface area contributed by atoms with Gasteiger partial charge in [0.2, 0.25) is 11.8 Å². The van der Waals surface area contributed by atoms with E-state index in [-0.39, 0.29) is 40.2 Å². The van der Waals surface area contributed by atoms with Crippen molar-refractivity contribution >= 4 is 50.7 Å². The van der Waals surface area contributed by atoms with E-state index in [0.29, 0.717) is 17.1 Å². The Balaban J connectivity index is 1.85. The van der Waals surface area contributed by atoms with Crippen molar-refractivity contribution in [2.24, 2.45) is 0 Å². The molecule has 0 saturated carbocycles. The Morgan fingerprint density at radius 3 is 2.22 bits per heavy atom. The summed E-state index contributed by atoms with van der Waals surface area (Å²) in [6.07, 6.45) is 0.189. The molecule has 0 spiro atoms. The Kier molecular flexibility index (Phi) is 11.5. The zero-order valence-electron chi connectivity index (χ0n) is 25.2. The molecule has 0 aliphatic carbocycles. The van der Waals surface area contributed by atoms with Gasteiger partial charge in [0.15, 0.2) is 0 Å². The fourth-order valence-electron chi connectivity index (χ4n) is 4.86. The number of amides is 2. The highest BCUT2D eigenvalue weighted by atomic mass is 35.5. The molecule has 4 rings (SSSR count). The fourth-order valence-corrected chi connectivity index (χ4v) is 6.64. The lowest BCUT2D eigenvalue weighted by atomic mass is 10.0. The van der Waals surface area contributed by atoms with Gasteiger partial charge in [-0.25, -0.2) is 8.42 Å². The average Bonchev–Trinajstić information content (AvgIpc) is 3.03. The average molecular weight is 669 g/mol. The first-order valence-corrected chi connectivity index (χ1v) is 16.5. The SMILES string of the molecule is CCNC(=O)C(Cc1ccccc1)N(Cc1ccccc1Cl)C(=O)CN(c1cc(Cl)ccc1OC)S(=O)(=O)c1ccc(C)cc1. The largest absolute Gasteiger partial charge is 0.495 e. The smallest absolute Gasteiger partial charge is 0.264 e. The van der Waals surface area contributed by atoms with Crippen LogP contribution in [0.4, 0.5) is 5.69 Å². The molecule has 1 unspecified atom stereocenters. The molecule has 4 aromatic rings. The van der Waals surface area contributed by atoms with Crippen LogP contribution < -0.4 is 14.4 Å². The van der Waals surface area contributed by atoms with Crippen molar-refractivity contribution < 1.29 is 22.7 Å². The lowest BCUT2D eigenvalue weighted by Gasteiger charge is -2.34. The number of hydrogen-bond acceptors (Lipinski definition) is 5. The third-order valence-electron chi connectivity index (χ3n) is 7.22. The van der Waals surface area contributed by atoms with Crippen LogP contribution in [0, 0.1) is 6.92 Å². The first-order valence-electron chi connectivity index (χ1n) is 14.3. The highest BCUT2D eigenvalue weighted by Gasteiger charge is 2.35. The zero-order chi connectivity index (χ0) is 32.6. The Morgan fingerprint density at radius 2 is 1.58 bits per heavy atom. The molecule has 0 fully saturated rings. The van der Waals surface area contributed by atoms with Crippen LogP contribution in [0.25, 0.3) is 0 Å². The van der Waals surface area contributed by atoms with Crippen LogP contribution in [-0.2, 0) is 32.6 Å². The van der Waals surface area contributed by atoms with Gasteiger partial charge in [-0.3, -0.25) is 13.9 Å². The second-order valence-corrected chi connectivity index (χ2v) is 13.1. The van der Waals surface area contributed by atoms with E-state index in [9.17, 15) is 18.0 Å². The number of nitrogens with zero attached hydrogens (tertiary/aromatic N) is 2. The lowest BCUT2D eigenvalue weighted by molar-refractivity contribution is -0.140. The van der Waals surface area contributed by atoms with Crippen molar-refractivity contribution in [2.45, 2.75) is 37.8 Å². The number of rotatable bonds is 13. The maximum absolute atomic E-state index is 14.5. The number of likely N-dealkylation sites (N-methyl/N-ethyl adjacent to an activating group) is 1. The summed E-state index contributed by atoms with van der Waals surface area (Å²) < 4.78 is 35.0. The number of aryl methyl sites for hydroxylation is 1. The molecule has 1 atom stereocenters. The van der Waals surface area contributed by atoms with Crippen LogP contribution in [0.3, 0.4) is 0 Å². The van der Waals surface area contributed by atoms with E-state index in [1.807, 2.05) is 37.3 Å². The standard InChI is InChI=1S/C34H35Cl2N3O5S/c1-4-37-34(41)31(20-25-10-6-5-7-11-25)38(22-26-12-8-9-13-29(26)36)33(40)23-39(30-21-27(35)16-19-32(30)44-3)45(42,43)28-17-14-24(2)15-18-28/h5-19,21,31H,4,20,22-23H2,1-3H3,(H,37,41). The molecule has 0 bridgehead atoms. The van der Waals surface area contributed by atoms with E-state index in [2.05, 4.69) is 5.32 Å². The van der Waals surface area contributed by atoms with Crippen LogP contribution >= 0.6 is 23.2 Å². The monoisotopic (exact) mass is 667 g/mol. The Morgan fingerprint density at radius 1 is 0.911 bits per heavy atom. The summed E-state index contributed by atoms with van der Waals surface area (Å²) in [5, 5.41) is 3.50. The highest BCUT2D eigenvalue weighted by Crippen LogP contribution is 2.35. The quantitative estimate of drug-likeness (QED) is 0.181. The Bertz CT molecular complexity index is 1730. The molecular formula is C34H35Cl2N3O5S. The molecule has 0 aliphatic rings. The van der Waals surface area contributed by atoms with Crippen LogP contribution in [0.2, 0.25) is 10.0 Å². The maximum atomic E-state index is 14.5. The third-order valence-corrected chi connectivity index (χ3v) is 9.60. The summed E-state index contributed by atoms with van der Waals surface area (Å²) in [5.41, 5.74) is 2.37. The van der Waals surface area contributed by atoms with Crippen LogP contribution in [0.1, 0.15) is 23.6 Å². The fraction of sp³-hybridized carbons (Fsp3) is 0.235. The molecular weight excluding hydrogens is 633 g/mol. The van der Waals surface area contributed by atoms with E-state index in [1.54, 1.807) is 49.4 Å². The highest BCUT2D eigenvalue weighted by molar-refractivity contribution is 7.92. The van der Waals surface area contributed by atoms with Crippen LogP contribution in [-0.4, -0.2) is 51.4 Å². The molecule has 0 radical (unpaired) electrons. The van der Waals surface area contributed by atoms with E-state index in [0.717, 1.165) is 15.4 Å². The topological polar surface area (TPSA) is 96.0 Å². The minimum atomic E-state index is -4.32. The van der Waals surface area contributed by atoms with Gasteiger partial charge in [-0.15, -0.1) is 0 Å². The molecule has 0 heterocycles. The molecule has 0 aliphatic heterocycles. The third kappa shape index (κ3) is 8.36. The summed E-state index contributed by atoms with van der Waals surface area (Å²) in [5.74, 6) is -0.806. The van der Waals surface area contributed by atoms with Gasteiger partial charge in [0.1, 0.15) is 18.3 Å². The molecule has 4 aromatic carbocycles. The van der Waals surface area contributed by atoms with Crippen LogP contribution in [0.5, 0.6) is 5.75 Å². The zero-order valence-corrected chi connectivity index (χ0v) is 27.6. The Hall–Kier alpha value is -4.05. The predicted octanol–water partition coefficient (Wildman–Crippen LogP) is 6.28. The molecule has 8 nitrogen and oxygen atoms in total. The van der Waals surface area contributed by atoms with Gasteiger partial charge in [-0.05, 0) is 61.4 Å². The van der Waals surface area contributed by atoms with Crippen molar-refractivity contribution in [2.75, 3.05) is 24.5 Å². The number of methoxy groups -OCH3 is 1. The predicted molar refractivity (Wildman–Crippen MR) is 178 cm³/mol. The molecule has 45 heavy (non-hydrogen) atoms. The summed E-state index contributed by atoms with van der Waals surface area (Å²) in [4.78, 5) is 29.5. The van der Waals surface area contributed by atoms with Gasteiger partial charge in [0.25, 0.3) is 10.0 Å². The van der Waals surface area contributed by atoms with E-state index in [4.69, 9.17) is 27.9 Å². The van der Waals surface area contributed by atoms with Gasteiger partial charge >= 0.3 is 0 Å². The van der Waals surface area contributed by atoms with Crippen molar-refractivity contribution in [1.29, 1.82) is 0 Å². The number of anilines is 1. The Labute approximate surface area is 274 Å². The number of benzene rings is 4. The van der Waals surface area contributed by atoms with Gasteiger partial charge in [0.05, 0.1) is 17.7 Å². The van der Waals surface area contributed by atoms with Gasteiger partial charge in [0, 0.05) is 29.6 Å². The van der Waals surface area contributed by atoms with Gasteiger partial charge < -0.3 is 15.0 Å². The maximum Gasteiger partial charge on any atom is 0.264 e. The van der Waals surface area contributed by atoms with Gasteiger partial charge in [-0.2, -0.15) is 0 Å². The minimum absolute atomic E-state index is 0.0230. The van der Waals surface area contributed by atoms with Crippen molar-refractivity contribution in [3.63, 3.8) is 0 Å². The summed E-state index contributed by atoms with van der Waals surface area (Å²) in [6, 6.07) is 26.2. The number of halogens is 2. The number of ether oxygens (including phenoxy) is 1. The minimum Gasteiger partial charge on any atom is -0.495 e. The first kappa shape index (κ1) is 33.8. The molecule has 11 heteroatoms. The number of carbonyl (C=O) groups is 2. The molecule has 0 saturated heterocycles. The molecule has 0 aromatic heterocycles. The number of nitrogens with one attached hydrogen (secondary N) is 1. The molecule has 236 valence electrons. The van der Waals surface area contributed by atoms with Crippen LogP contribution in [0.15, 0.2) is 102 Å². The second-order valence-electron chi connectivity index (χ2n) is 10.4. The first-order chi connectivity index (χ1) is 21.5. The lowest BCUT2D eigenvalue weighted by Crippen LogP contribution is -2.53. The number of hydrogen-bond donors (Lipinski definition) is 1. The molecule has 2 amide bonds. The van der Waals surface area contributed by atoms with E-state index in [1.165, 1.54) is 36.3 Å². The van der Waals surface area contributed by atoms with Crippen molar-refractivity contribution in [3.05, 3.63) is 124 Å². The summed E-state index contributed by atoms with van der Waals surface area (Å²) in [6.45, 7) is 3.28. The van der Waals surface area contributed by atoms with Gasteiger partial charge in [-0.1, -0.05) is 89.4 Å². The van der Waals surface area contributed by atoms with Crippen molar-refractivity contribution in [3.8, 4) is 5.75 Å². The molecule has 1 N–H and O–H groups in total. The summed E-state index contributed by atoms with van der Waals surface area (Å²) >= 11 is 12.9. The van der Waals surface area contributed by atoms with E-state index >= 15 is 0 Å². The van der Waals surface area contributed by atoms with E-state index < -0.39 is 28.5 Å². The second kappa shape index (κ2) is 15.3. The number of carbonyl (C=O) groups excluding carboxylic acids is 2. The summed E-state index contributed by atoms with van der Waals surface area (Å²) in [7, 11) is -2.92.